The van der Waals surface area contributed by atoms with E-state index in [-0.39, 0.29) is 11.8 Å². The molecule has 7 heteroatoms. The molecule has 0 atom stereocenters. The summed E-state index contributed by atoms with van der Waals surface area (Å²) in [6, 6.07) is 16.2. The van der Waals surface area contributed by atoms with Gasteiger partial charge in [0.25, 0.3) is 11.8 Å². The molecule has 2 aromatic carbocycles. The first-order valence-corrected chi connectivity index (χ1v) is 9.76. The van der Waals surface area contributed by atoms with Crippen molar-refractivity contribution >= 4 is 50.9 Å². The predicted octanol–water partition coefficient (Wildman–Crippen LogP) is 4.84. The van der Waals surface area contributed by atoms with Crippen LogP contribution in [0.25, 0.3) is 0 Å². The number of fused-ring (bicyclic) bond motifs is 2. The number of halogens is 1. The van der Waals surface area contributed by atoms with Gasteiger partial charge in [-0.2, -0.15) is 0 Å². The van der Waals surface area contributed by atoms with Crippen LogP contribution in [0, 0.1) is 0 Å². The van der Waals surface area contributed by atoms with E-state index in [0.29, 0.717) is 21.8 Å². The highest BCUT2D eigenvalue weighted by molar-refractivity contribution is 9.10. The Kier molecular flexibility index (Phi) is 4.72. The fourth-order valence-electron chi connectivity index (χ4n) is 2.81. The van der Waals surface area contributed by atoms with E-state index in [0.717, 1.165) is 15.1 Å². The SMILES string of the molecule is CN1C(=O)c2cccnc2Sc2cc(NC(=O)c3cccc(Br)c3)ccc21. The molecule has 3 aromatic rings. The maximum Gasteiger partial charge on any atom is 0.260 e. The lowest BCUT2D eigenvalue weighted by Crippen LogP contribution is -2.26. The van der Waals surface area contributed by atoms with Gasteiger partial charge in [0.1, 0.15) is 5.03 Å². The molecular formula is C20H14BrN3O2S. The highest BCUT2D eigenvalue weighted by Crippen LogP contribution is 2.41. The number of aromatic nitrogens is 1. The summed E-state index contributed by atoms with van der Waals surface area (Å²) in [6.07, 6.45) is 1.67. The second kappa shape index (κ2) is 7.17. The number of hydrogen-bond acceptors (Lipinski definition) is 4. The molecule has 1 aliphatic heterocycles. The first kappa shape index (κ1) is 17.8. The fraction of sp³-hybridized carbons (Fsp3) is 0.0500. The number of anilines is 2. The van der Waals surface area contributed by atoms with Gasteiger partial charge < -0.3 is 10.2 Å². The zero-order valence-corrected chi connectivity index (χ0v) is 16.7. The van der Waals surface area contributed by atoms with E-state index in [4.69, 9.17) is 0 Å². The van der Waals surface area contributed by atoms with Gasteiger partial charge in [0.2, 0.25) is 0 Å². The third kappa shape index (κ3) is 3.48. The smallest absolute Gasteiger partial charge is 0.260 e. The summed E-state index contributed by atoms with van der Waals surface area (Å²) in [6.45, 7) is 0. The van der Waals surface area contributed by atoms with Crippen molar-refractivity contribution in [3.63, 3.8) is 0 Å². The third-order valence-corrected chi connectivity index (χ3v) is 5.74. The van der Waals surface area contributed by atoms with Crippen molar-refractivity contribution in [3.8, 4) is 0 Å². The maximum absolute atomic E-state index is 12.7. The summed E-state index contributed by atoms with van der Waals surface area (Å²) >= 11 is 4.79. The lowest BCUT2D eigenvalue weighted by molar-refractivity contribution is 0.0987. The van der Waals surface area contributed by atoms with Crippen LogP contribution in [0.15, 0.2) is 75.2 Å². The maximum atomic E-state index is 12.7. The van der Waals surface area contributed by atoms with Gasteiger partial charge in [0.05, 0.1) is 11.3 Å². The second-order valence-electron chi connectivity index (χ2n) is 5.97. The Balaban J connectivity index is 1.67. The normalized spacial score (nSPS) is 12.8. The van der Waals surface area contributed by atoms with Crippen LogP contribution in [0.5, 0.6) is 0 Å². The molecule has 0 aliphatic carbocycles. The van der Waals surface area contributed by atoms with E-state index in [1.165, 1.54) is 11.8 Å². The highest BCUT2D eigenvalue weighted by Gasteiger charge is 2.25. The lowest BCUT2D eigenvalue weighted by Gasteiger charge is -2.18. The van der Waals surface area contributed by atoms with Gasteiger partial charge in [-0.3, -0.25) is 9.59 Å². The van der Waals surface area contributed by atoms with Crippen molar-refractivity contribution in [1.29, 1.82) is 0 Å². The van der Waals surface area contributed by atoms with Crippen LogP contribution in [0.4, 0.5) is 11.4 Å². The first-order valence-electron chi connectivity index (χ1n) is 8.15. The Morgan fingerprint density at radius 1 is 1.15 bits per heavy atom. The number of benzene rings is 2. The minimum Gasteiger partial charge on any atom is -0.322 e. The van der Waals surface area contributed by atoms with Crippen molar-refractivity contribution in [1.82, 2.24) is 4.98 Å². The predicted molar refractivity (Wildman–Crippen MR) is 110 cm³/mol. The lowest BCUT2D eigenvalue weighted by atomic mass is 10.2. The third-order valence-electron chi connectivity index (χ3n) is 4.18. The second-order valence-corrected chi connectivity index (χ2v) is 7.92. The molecule has 0 unspecified atom stereocenters. The number of amides is 2. The number of rotatable bonds is 2. The van der Waals surface area contributed by atoms with Crippen LogP contribution in [-0.2, 0) is 0 Å². The van der Waals surface area contributed by atoms with Gasteiger partial charge in [-0.05, 0) is 48.5 Å². The zero-order chi connectivity index (χ0) is 19.0. The van der Waals surface area contributed by atoms with E-state index in [1.54, 1.807) is 48.5 Å². The topological polar surface area (TPSA) is 62.3 Å². The molecule has 1 N–H and O–H groups in total. The van der Waals surface area contributed by atoms with Crippen LogP contribution in [0.3, 0.4) is 0 Å². The molecule has 134 valence electrons. The van der Waals surface area contributed by atoms with Gasteiger partial charge in [-0.1, -0.05) is 33.8 Å². The van der Waals surface area contributed by atoms with Crippen molar-refractivity contribution < 1.29 is 9.59 Å². The van der Waals surface area contributed by atoms with Gasteiger partial charge in [0, 0.05) is 33.9 Å². The van der Waals surface area contributed by atoms with Crippen molar-refractivity contribution in [2.75, 3.05) is 17.3 Å². The van der Waals surface area contributed by atoms with Crippen LogP contribution < -0.4 is 10.2 Å². The molecule has 2 amide bonds. The number of nitrogens with zero attached hydrogens (tertiary/aromatic N) is 2. The largest absolute Gasteiger partial charge is 0.322 e. The van der Waals surface area contributed by atoms with E-state index >= 15 is 0 Å². The Labute approximate surface area is 168 Å². The van der Waals surface area contributed by atoms with Crippen LogP contribution in [-0.4, -0.2) is 23.8 Å². The molecule has 0 spiro atoms. The molecule has 0 fully saturated rings. The Morgan fingerprint density at radius 2 is 2.00 bits per heavy atom. The fourth-order valence-corrected chi connectivity index (χ4v) is 4.29. The summed E-state index contributed by atoms with van der Waals surface area (Å²) in [5.41, 5.74) is 2.57. The first-order chi connectivity index (χ1) is 13.0. The molecule has 2 heterocycles. The molecule has 4 rings (SSSR count). The number of carbonyl (C=O) groups excluding carboxylic acids is 2. The molecule has 0 saturated heterocycles. The van der Waals surface area contributed by atoms with Crippen LogP contribution in [0.1, 0.15) is 20.7 Å². The standard InChI is InChI=1S/C20H14BrN3O2S/c1-24-16-8-7-14(23-18(25)12-4-2-5-13(21)10-12)11-17(16)27-19-15(20(24)26)6-3-9-22-19/h2-11H,1H3,(H,23,25). The Morgan fingerprint density at radius 3 is 2.81 bits per heavy atom. The van der Waals surface area contributed by atoms with E-state index < -0.39 is 0 Å². The number of nitrogens with one attached hydrogen (secondary N) is 1. The van der Waals surface area contributed by atoms with E-state index in [9.17, 15) is 9.59 Å². The average molecular weight is 440 g/mol. The van der Waals surface area contributed by atoms with Gasteiger partial charge in [0.15, 0.2) is 0 Å². The average Bonchev–Trinajstić information content (AvgIpc) is 2.77. The summed E-state index contributed by atoms with van der Waals surface area (Å²) in [4.78, 5) is 32.0. The van der Waals surface area contributed by atoms with Gasteiger partial charge >= 0.3 is 0 Å². The molecule has 0 bridgehead atoms. The van der Waals surface area contributed by atoms with E-state index in [2.05, 4.69) is 26.2 Å². The van der Waals surface area contributed by atoms with Crippen molar-refractivity contribution in [2.45, 2.75) is 9.92 Å². The minimum atomic E-state index is -0.196. The molecule has 0 radical (unpaired) electrons. The molecular weight excluding hydrogens is 426 g/mol. The summed E-state index contributed by atoms with van der Waals surface area (Å²) in [5.74, 6) is -0.298. The number of carbonyl (C=O) groups is 2. The summed E-state index contributed by atoms with van der Waals surface area (Å²) in [7, 11) is 1.74. The number of hydrogen-bond donors (Lipinski definition) is 1. The van der Waals surface area contributed by atoms with Gasteiger partial charge in [-0.25, -0.2) is 4.98 Å². The van der Waals surface area contributed by atoms with Crippen molar-refractivity contribution in [3.05, 3.63) is 76.4 Å². The highest BCUT2D eigenvalue weighted by atomic mass is 79.9. The van der Waals surface area contributed by atoms with Crippen molar-refractivity contribution in [2.24, 2.45) is 0 Å². The molecule has 0 saturated carbocycles. The molecule has 5 nitrogen and oxygen atoms in total. The Hall–Kier alpha value is -2.64. The molecule has 1 aliphatic rings. The monoisotopic (exact) mass is 439 g/mol. The minimum absolute atomic E-state index is 0.102. The summed E-state index contributed by atoms with van der Waals surface area (Å²) in [5, 5.41) is 3.57. The zero-order valence-electron chi connectivity index (χ0n) is 14.3. The Bertz CT molecular complexity index is 1070. The molecule has 1 aromatic heterocycles. The van der Waals surface area contributed by atoms with Crippen LogP contribution >= 0.6 is 27.7 Å². The molecule has 27 heavy (non-hydrogen) atoms. The van der Waals surface area contributed by atoms with Crippen LogP contribution in [0.2, 0.25) is 0 Å². The quantitative estimate of drug-likeness (QED) is 0.620. The van der Waals surface area contributed by atoms with E-state index in [1.807, 2.05) is 24.3 Å². The number of pyridine rings is 1. The van der Waals surface area contributed by atoms with Gasteiger partial charge in [-0.15, -0.1) is 0 Å². The summed E-state index contributed by atoms with van der Waals surface area (Å²) < 4.78 is 0.843.